The van der Waals surface area contributed by atoms with Gasteiger partial charge in [0.2, 0.25) is 0 Å². The van der Waals surface area contributed by atoms with Crippen LogP contribution in [0.15, 0.2) is 24.3 Å². The Morgan fingerprint density at radius 1 is 0.714 bits per heavy atom. The van der Waals surface area contributed by atoms with Gasteiger partial charge in [-0.3, -0.25) is 0 Å². The van der Waals surface area contributed by atoms with Gasteiger partial charge in [-0.15, -0.1) is 0 Å². The molecule has 0 spiro atoms. The minimum atomic E-state index is 0.237. The zero-order chi connectivity index (χ0) is 10.4. The fraction of sp³-hybridized carbons (Fsp3) is 0.429. The molecule has 0 saturated heterocycles. The number of rotatable bonds is 0. The van der Waals surface area contributed by atoms with E-state index < -0.39 is 0 Å². The van der Waals surface area contributed by atoms with Crippen LogP contribution in [-0.2, 0) is 0 Å². The molecule has 2 rings (SSSR count). The fourth-order valence-corrected chi connectivity index (χ4v) is 1.92. The molecular weight excluding hydrogens is 168 g/mol. The zero-order valence-corrected chi connectivity index (χ0v) is 9.46. The van der Waals surface area contributed by atoms with Crippen LogP contribution in [0.3, 0.4) is 0 Å². The van der Waals surface area contributed by atoms with Crippen LogP contribution in [0.4, 0.5) is 0 Å². The molecule has 0 heterocycles. The van der Waals surface area contributed by atoms with Crippen molar-refractivity contribution in [1.82, 2.24) is 0 Å². The molecule has 1 aromatic rings. The molecule has 0 unspecified atom stereocenters. The summed E-state index contributed by atoms with van der Waals surface area (Å²) < 4.78 is 0. The molecule has 1 aliphatic carbocycles. The lowest BCUT2D eigenvalue weighted by Crippen LogP contribution is -2.41. The molecule has 0 heteroatoms. The maximum Gasteiger partial charge on any atom is -0.00797 e. The monoisotopic (exact) mass is 186 g/mol. The van der Waals surface area contributed by atoms with Crippen molar-refractivity contribution in [2.75, 3.05) is 0 Å². The minimum absolute atomic E-state index is 0.237. The van der Waals surface area contributed by atoms with Gasteiger partial charge in [-0.2, -0.15) is 0 Å². The molecule has 0 bridgehead atoms. The van der Waals surface area contributed by atoms with Gasteiger partial charge in [-0.05, 0) is 21.3 Å². The Hall–Kier alpha value is -1.04. The summed E-state index contributed by atoms with van der Waals surface area (Å²) in [6.45, 7) is 9.22. The van der Waals surface area contributed by atoms with Crippen LogP contribution in [-0.4, -0.2) is 0 Å². The van der Waals surface area contributed by atoms with E-state index in [9.17, 15) is 0 Å². The highest BCUT2D eigenvalue weighted by atomic mass is 14.4. The molecule has 0 N–H and O–H groups in total. The third kappa shape index (κ3) is 1.30. The Labute approximate surface area is 86.0 Å². The van der Waals surface area contributed by atoms with Gasteiger partial charge < -0.3 is 0 Å². The van der Waals surface area contributed by atoms with Crippen molar-refractivity contribution in [3.05, 3.63) is 34.7 Å². The number of hydrogen-bond donors (Lipinski definition) is 0. The Morgan fingerprint density at radius 2 is 1.07 bits per heavy atom. The number of hydrogen-bond acceptors (Lipinski definition) is 0. The van der Waals surface area contributed by atoms with Crippen molar-refractivity contribution in [1.29, 1.82) is 0 Å². The molecule has 0 aliphatic heterocycles. The lowest BCUT2D eigenvalue weighted by atomic mass is 9.65. The van der Waals surface area contributed by atoms with Crippen LogP contribution in [0, 0.1) is 10.8 Å². The lowest BCUT2D eigenvalue weighted by molar-refractivity contribution is 0.272. The maximum absolute atomic E-state index is 2.39. The van der Waals surface area contributed by atoms with Gasteiger partial charge in [0, 0.05) is 0 Å². The lowest BCUT2D eigenvalue weighted by Gasteiger charge is -2.39. The maximum atomic E-state index is 2.39. The molecule has 14 heavy (non-hydrogen) atoms. The minimum Gasteiger partial charge on any atom is -0.0702 e. The molecule has 74 valence electrons. The second-order valence-corrected chi connectivity index (χ2v) is 5.36. The number of fused-ring (bicyclic) bond motifs is 1. The highest BCUT2D eigenvalue weighted by molar-refractivity contribution is 5.49. The van der Waals surface area contributed by atoms with Crippen LogP contribution in [0.2, 0.25) is 0 Å². The first kappa shape index (κ1) is 9.51. The summed E-state index contributed by atoms with van der Waals surface area (Å²) in [4.78, 5) is 0. The normalized spacial score (nSPS) is 21.7. The van der Waals surface area contributed by atoms with Crippen molar-refractivity contribution in [2.45, 2.75) is 27.7 Å². The summed E-state index contributed by atoms with van der Waals surface area (Å²) >= 11 is 0. The van der Waals surface area contributed by atoms with Crippen molar-refractivity contribution in [3.63, 3.8) is 0 Å². The standard InChI is InChI=1S/C14H18/c1-13(2)9-11-7-5-6-8-12(11)10-14(13,3)4/h5-10H,1-4H3. The summed E-state index contributed by atoms with van der Waals surface area (Å²) in [5.74, 6) is 0. The first-order chi connectivity index (χ1) is 6.42. The molecule has 0 atom stereocenters. The first-order valence-electron chi connectivity index (χ1n) is 5.23. The van der Waals surface area contributed by atoms with Crippen molar-refractivity contribution < 1.29 is 0 Å². The summed E-state index contributed by atoms with van der Waals surface area (Å²) in [6.07, 6.45) is 4.78. The van der Waals surface area contributed by atoms with Crippen molar-refractivity contribution >= 4 is 12.2 Å². The van der Waals surface area contributed by atoms with Crippen LogP contribution in [0.25, 0.3) is 12.2 Å². The van der Waals surface area contributed by atoms with Gasteiger partial charge in [-0.25, -0.2) is 0 Å². The molecule has 0 radical (unpaired) electrons. The van der Waals surface area contributed by atoms with Crippen molar-refractivity contribution in [2.24, 2.45) is 10.8 Å². The Bertz CT molecular complexity index is 416. The number of benzene rings is 1. The van der Waals surface area contributed by atoms with Crippen molar-refractivity contribution in [3.8, 4) is 0 Å². The highest BCUT2D eigenvalue weighted by Gasteiger charge is 2.34. The smallest absolute Gasteiger partial charge is 0.00797 e. The SMILES string of the molecule is CC1(C)C=c2ccccc2=CC1(C)C. The van der Waals surface area contributed by atoms with Gasteiger partial charge in [0.05, 0.1) is 0 Å². The average molecular weight is 186 g/mol. The van der Waals surface area contributed by atoms with E-state index in [0.717, 1.165) is 0 Å². The zero-order valence-electron chi connectivity index (χ0n) is 9.46. The largest absolute Gasteiger partial charge is 0.0702 e. The van der Waals surface area contributed by atoms with Crippen LogP contribution >= 0.6 is 0 Å². The van der Waals surface area contributed by atoms with E-state index in [-0.39, 0.29) is 10.8 Å². The molecule has 1 aromatic carbocycles. The highest BCUT2D eigenvalue weighted by Crippen LogP contribution is 2.41. The second-order valence-electron chi connectivity index (χ2n) is 5.36. The van der Waals surface area contributed by atoms with Gasteiger partial charge in [0.1, 0.15) is 0 Å². The summed E-state index contributed by atoms with van der Waals surface area (Å²) in [7, 11) is 0. The first-order valence-corrected chi connectivity index (χ1v) is 5.23. The molecule has 0 amide bonds. The molecule has 0 aromatic heterocycles. The van der Waals surface area contributed by atoms with E-state index in [0.29, 0.717) is 0 Å². The predicted octanol–water partition coefficient (Wildman–Crippen LogP) is 2.31. The molecule has 0 fully saturated rings. The summed E-state index contributed by atoms with van der Waals surface area (Å²) in [5.41, 5.74) is 0.475. The molecule has 0 nitrogen and oxygen atoms in total. The van der Waals surface area contributed by atoms with E-state index in [1.54, 1.807) is 0 Å². The quantitative estimate of drug-likeness (QED) is 0.583. The third-order valence-corrected chi connectivity index (χ3v) is 3.69. The van der Waals surface area contributed by atoms with Crippen LogP contribution < -0.4 is 10.4 Å². The second kappa shape index (κ2) is 2.73. The van der Waals surface area contributed by atoms with Gasteiger partial charge >= 0.3 is 0 Å². The van der Waals surface area contributed by atoms with Gasteiger partial charge in [-0.1, -0.05) is 64.1 Å². The fourth-order valence-electron chi connectivity index (χ4n) is 1.92. The van der Waals surface area contributed by atoms with E-state index in [1.165, 1.54) is 10.4 Å². The third-order valence-electron chi connectivity index (χ3n) is 3.69. The van der Waals surface area contributed by atoms with Crippen LogP contribution in [0.1, 0.15) is 27.7 Å². The summed E-state index contributed by atoms with van der Waals surface area (Å²) in [5, 5.41) is 2.74. The average Bonchev–Trinajstić information content (AvgIpc) is 2.05. The Kier molecular flexibility index (Phi) is 1.85. The Morgan fingerprint density at radius 3 is 1.43 bits per heavy atom. The van der Waals surface area contributed by atoms with Gasteiger partial charge in [0.15, 0.2) is 0 Å². The van der Waals surface area contributed by atoms with E-state index in [2.05, 4.69) is 64.1 Å². The molecule has 1 aliphatic rings. The topological polar surface area (TPSA) is 0 Å². The molecule has 0 saturated carbocycles. The van der Waals surface area contributed by atoms with E-state index in [1.807, 2.05) is 0 Å². The van der Waals surface area contributed by atoms with E-state index in [4.69, 9.17) is 0 Å². The summed E-state index contributed by atoms with van der Waals surface area (Å²) in [6, 6.07) is 8.61. The van der Waals surface area contributed by atoms with Crippen LogP contribution in [0.5, 0.6) is 0 Å². The van der Waals surface area contributed by atoms with E-state index >= 15 is 0 Å². The Balaban J connectivity index is 2.80. The van der Waals surface area contributed by atoms with Gasteiger partial charge in [0.25, 0.3) is 0 Å². The predicted molar refractivity (Wildman–Crippen MR) is 62.2 cm³/mol. The molecular formula is C14H18.